The summed E-state index contributed by atoms with van der Waals surface area (Å²) in [6.07, 6.45) is 1.59. The molecule has 0 aromatic heterocycles. The maximum Gasteiger partial charge on any atom is 0.407 e. The fourth-order valence-corrected chi connectivity index (χ4v) is 5.56. The summed E-state index contributed by atoms with van der Waals surface area (Å²) in [6, 6.07) is 1.87. The predicted molar refractivity (Wildman–Crippen MR) is 115 cm³/mol. The summed E-state index contributed by atoms with van der Waals surface area (Å²) in [5.41, 5.74) is 0.378. The van der Waals surface area contributed by atoms with Gasteiger partial charge in [-0.05, 0) is 68.7 Å². The van der Waals surface area contributed by atoms with Gasteiger partial charge >= 0.3 is 6.09 Å². The van der Waals surface area contributed by atoms with Crippen molar-refractivity contribution in [2.45, 2.75) is 69.2 Å². The van der Waals surface area contributed by atoms with Crippen LogP contribution in [0.25, 0.3) is 0 Å². The topological polar surface area (TPSA) is 99.2 Å². The number of likely N-dealkylation sites (tertiary alicyclic amines) is 1. The van der Waals surface area contributed by atoms with Crippen LogP contribution in [0.4, 0.5) is 13.6 Å². The number of amides is 1. The van der Waals surface area contributed by atoms with Crippen LogP contribution in [0.5, 0.6) is 0 Å². The molecule has 1 aromatic carbocycles. The van der Waals surface area contributed by atoms with E-state index in [2.05, 4.69) is 4.72 Å². The zero-order chi connectivity index (χ0) is 23.6. The average Bonchev–Trinajstić information content (AvgIpc) is 3.02. The predicted octanol–water partition coefficient (Wildman–Crippen LogP) is 2.91. The van der Waals surface area contributed by atoms with Crippen molar-refractivity contribution in [3.05, 3.63) is 35.4 Å². The van der Waals surface area contributed by atoms with E-state index in [1.807, 2.05) is 0 Å². The van der Waals surface area contributed by atoms with Crippen molar-refractivity contribution < 1.29 is 31.8 Å². The van der Waals surface area contributed by atoms with Gasteiger partial charge in [-0.2, -0.15) is 17.4 Å². The summed E-state index contributed by atoms with van der Waals surface area (Å²) in [4.78, 5) is 13.0. The Bertz CT molecular complexity index is 922. The SMILES string of the molecule is C[C@@H]1C[C@H](NS(=O)(=O)N(C)C)[C@H](COC2CCC(c3cc(F)ccc3F)CC2)N1C(=O)O. The Morgan fingerprint density at radius 3 is 2.50 bits per heavy atom. The third kappa shape index (κ3) is 5.56. The number of hydrogen-bond acceptors (Lipinski definition) is 4. The van der Waals surface area contributed by atoms with Crippen molar-refractivity contribution in [1.82, 2.24) is 13.9 Å². The highest BCUT2D eigenvalue weighted by Gasteiger charge is 2.44. The Morgan fingerprint density at radius 1 is 1.25 bits per heavy atom. The van der Waals surface area contributed by atoms with Gasteiger partial charge in [0.15, 0.2) is 0 Å². The van der Waals surface area contributed by atoms with Crippen LogP contribution in [0.3, 0.4) is 0 Å². The largest absolute Gasteiger partial charge is 0.465 e. The summed E-state index contributed by atoms with van der Waals surface area (Å²) in [6.45, 7) is 1.80. The van der Waals surface area contributed by atoms with E-state index < -0.39 is 40.0 Å². The smallest absolute Gasteiger partial charge is 0.407 e. The molecule has 1 heterocycles. The second-order valence-corrected chi connectivity index (χ2v) is 10.7. The van der Waals surface area contributed by atoms with E-state index >= 15 is 0 Å². The summed E-state index contributed by atoms with van der Waals surface area (Å²) in [5.74, 6) is -0.967. The first-order valence-electron chi connectivity index (χ1n) is 10.8. The van der Waals surface area contributed by atoms with Gasteiger partial charge in [-0.25, -0.2) is 13.6 Å². The summed E-state index contributed by atoms with van der Waals surface area (Å²) in [7, 11) is -0.926. The van der Waals surface area contributed by atoms with Gasteiger partial charge in [0.1, 0.15) is 11.6 Å². The molecule has 1 aromatic rings. The molecule has 0 bridgehead atoms. The molecule has 3 atom stereocenters. The number of hydrogen-bond donors (Lipinski definition) is 2. The maximum absolute atomic E-state index is 14.1. The zero-order valence-electron chi connectivity index (χ0n) is 18.5. The Hall–Kier alpha value is -1.82. The minimum atomic E-state index is -3.73. The lowest BCUT2D eigenvalue weighted by Crippen LogP contribution is -2.52. The maximum atomic E-state index is 14.1. The number of rotatable bonds is 7. The van der Waals surface area contributed by atoms with Crippen molar-refractivity contribution in [2.75, 3.05) is 20.7 Å². The van der Waals surface area contributed by atoms with Crippen molar-refractivity contribution >= 4 is 16.3 Å². The lowest BCUT2D eigenvalue weighted by atomic mass is 9.82. The normalized spacial score (nSPS) is 28.9. The molecule has 1 saturated carbocycles. The van der Waals surface area contributed by atoms with E-state index in [4.69, 9.17) is 4.74 Å². The quantitative estimate of drug-likeness (QED) is 0.632. The van der Waals surface area contributed by atoms with Gasteiger partial charge in [0.2, 0.25) is 0 Å². The second kappa shape index (κ2) is 9.98. The van der Waals surface area contributed by atoms with Crippen LogP contribution in [0.2, 0.25) is 0 Å². The molecule has 11 heteroatoms. The van der Waals surface area contributed by atoms with Gasteiger partial charge in [-0.3, -0.25) is 4.90 Å². The lowest BCUT2D eigenvalue weighted by molar-refractivity contribution is -0.00721. The molecule has 1 aliphatic heterocycles. The molecule has 0 spiro atoms. The number of carbonyl (C=O) groups is 1. The Labute approximate surface area is 187 Å². The fraction of sp³-hybridized carbons (Fsp3) is 0.667. The average molecular weight is 476 g/mol. The van der Waals surface area contributed by atoms with E-state index in [9.17, 15) is 27.1 Å². The number of benzene rings is 1. The standard InChI is InChI=1S/C21H31F2N3O5S/c1-13-10-19(24-32(29,30)25(2)3)20(26(13)21(27)28)12-31-16-7-4-14(5-8-16)17-11-15(22)6-9-18(17)23/h6,9,11,13-14,16,19-20,24H,4-5,7-8,10,12H2,1-3H3,(H,27,28)/t13-,14?,16?,19+,20+/m1/s1. The van der Waals surface area contributed by atoms with Crippen LogP contribution in [-0.4, -0.2) is 73.8 Å². The van der Waals surface area contributed by atoms with Gasteiger partial charge in [0, 0.05) is 26.2 Å². The van der Waals surface area contributed by atoms with Crippen molar-refractivity contribution in [3.8, 4) is 0 Å². The van der Waals surface area contributed by atoms with E-state index in [0.29, 0.717) is 37.7 Å². The van der Waals surface area contributed by atoms with Gasteiger partial charge in [-0.15, -0.1) is 0 Å². The van der Waals surface area contributed by atoms with E-state index in [-0.39, 0.29) is 24.7 Å². The Morgan fingerprint density at radius 2 is 1.91 bits per heavy atom. The van der Waals surface area contributed by atoms with Crippen LogP contribution >= 0.6 is 0 Å². The van der Waals surface area contributed by atoms with Gasteiger partial charge < -0.3 is 9.84 Å². The lowest BCUT2D eigenvalue weighted by Gasteiger charge is -2.33. The van der Waals surface area contributed by atoms with Gasteiger partial charge in [0.25, 0.3) is 10.2 Å². The van der Waals surface area contributed by atoms with Crippen LogP contribution in [0.1, 0.15) is 50.5 Å². The molecule has 2 fully saturated rings. The minimum absolute atomic E-state index is 0.0565. The number of ether oxygens (including phenoxy) is 1. The first-order chi connectivity index (χ1) is 15.0. The summed E-state index contributed by atoms with van der Waals surface area (Å²) >= 11 is 0. The summed E-state index contributed by atoms with van der Waals surface area (Å²) in [5, 5.41) is 9.64. The molecule has 2 N–H and O–H groups in total. The monoisotopic (exact) mass is 475 g/mol. The number of carboxylic acid groups (broad SMARTS) is 1. The molecule has 180 valence electrons. The van der Waals surface area contributed by atoms with Crippen LogP contribution in [0.15, 0.2) is 18.2 Å². The molecule has 3 rings (SSSR count). The van der Waals surface area contributed by atoms with Crippen molar-refractivity contribution in [1.29, 1.82) is 0 Å². The van der Waals surface area contributed by atoms with Gasteiger partial charge in [0.05, 0.1) is 18.8 Å². The van der Waals surface area contributed by atoms with Crippen molar-refractivity contribution in [2.24, 2.45) is 0 Å². The molecule has 1 aliphatic carbocycles. The third-order valence-electron chi connectivity index (χ3n) is 6.47. The first kappa shape index (κ1) is 24.8. The molecule has 0 unspecified atom stereocenters. The molecule has 0 radical (unpaired) electrons. The molecule has 32 heavy (non-hydrogen) atoms. The van der Waals surface area contributed by atoms with E-state index in [1.165, 1.54) is 25.1 Å². The molecule has 8 nitrogen and oxygen atoms in total. The highest BCUT2D eigenvalue weighted by atomic mass is 32.2. The Kier molecular flexibility index (Phi) is 7.74. The van der Waals surface area contributed by atoms with E-state index in [0.717, 1.165) is 16.4 Å². The highest BCUT2D eigenvalue weighted by Crippen LogP contribution is 2.36. The summed E-state index contributed by atoms with van der Waals surface area (Å²) < 4.78 is 61.8. The third-order valence-corrected chi connectivity index (χ3v) is 8.03. The zero-order valence-corrected chi connectivity index (χ0v) is 19.3. The number of halogens is 2. The fourth-order valence-electron chi connectivity index (χ4n) is 4.71. The molecule has 1 amide bonds. The highest BCUT2D eigenvalue weighted by molar-refractivity contribution is 7.87. The van der Waals surface area contributed by atoms with Crippen LogP contribution in [0, 0.1) is 11.6 Å². The number of nitrogens with zero attached hydrogens (tertiary/aromatic N) is 2. The first-order valence-corrected chi connectivity index (χ1v) is 12.2. The van der Waals surface area contributed by atoms with Crippen LogP contribution in [-0.2, 0) is 14.9 Å². The second-order valence-electron chi connectivity index (χ2n) is 8.83. The number of nitrogens with one attached hydrogen (secondary N) is 1. The van der Waals surface area contributed by atoms with Crippen LogP contribution < -0.4 is 4.72 Å². The van der Waals surface area contributed by atoms with Crippen molar-refractivity contribution in [3.63, 3.8) is 0 Å². The van der Waals surface area contributed by atoms with Gasteiger partial charge in [-0.1, -0.05) is 0 Å². The molecular formula is C21H31F2N3O5S. The Balaban J connectivity index is 1.62. The molecule has 2 aliphatic rings. The van der Waals surface area contributed by atoms with E-state index in [1.54, 1.807) is 6.92 Å². The minimum Gasteiger partial charge on any atom is -0.465 e. The molecule has 1 saturated heterocycles. The molecular weight excluding hydrogens is 444 g/mol.